The van der Waals surface area contributed by atoms with Crippen molar-refractivity contribution in [2.45, 2.75) is 51.7 Å². The second-order valence-electron chi connectivity index (χ2n) is 5.29. The highest BCUT2D eigenvalue weighted by atomic mass is 32.2. The summed E-state index contributed by atoms with van der Waals surface area (Å²) in [7, 11) is 2.18. The molecule has 1 aliphatic carbocycles. The topological polar surface area (TPSA) is 28.2 Å². The predicted molar refractivity (Wildman–Crippen MR) is 87.6 cm³/mol. The van der Waals surface area contributed by atoms with Crippen molar-refractivity contribution in [1.82, 2.24) is 10.3 Å². The molecule has 0 radical (unpaired) electrons. The lowest BCUT2D eigenvalue weighted by Gasteiger charge is -2.26. The van der Waals surface area contributed by atoms with Gasteiger partial charge in [0, 0.05) is 36.3 Å². The highest BCUT2D eigenvalue weighted by Crippen LogP contribution is 2.29. The van der Waals surface area contributed by atoms with Gasteiger partial charge in [0.15, 0.2) is 5.13 Å². The molecule has 0 spiro atoms. The molecular formula is C14H25N3S2. The van der Waals surface area contributed by atoms with Gasteiger partial charge in [-0.1, -0.05) is 6.92 Å². The fourth-order valence-corrected chi connectivity index (χ4v) is 3.99. The Morgan fingerprint density at radius 3 is 2.84 bits per heavy atom. The SMILES string of the molecule is CCC(CSC)N(C)c1nc(C)c(CNC2CC2)s1. The van der Waals surface area contributed by atoms with Crippen LogP contribution in [0.5, 0.6) is 0 Å². The van der Waals surface area contributed by atoms with Gasteiger partial charge in [0.25, 0.3) is 0 Å². The number of anilines is 1. The van der Waals surface area contributed by atoms with Crippen molar-refractivity contribution in [3.63, 3.8) is 0 Å². The minimum absolute atomic E-state index is 0.588. The Kier molecular flexibility index (Phi) is 5.54. The largest absolute Gasteiger partial charge is 0.347 e. The van der Waals surface area contributed by atoms with Gasteiger partial charge in [-0.2, -0.15) is 11.8 Å². The first-order valence-corrected chi connectivity index (χ1v) is 9.28. The van der Waals surface area contributed by atoms with Crippen LogP contribution in [0.25, 0.3) is 0 Å². The molecular weight excluding hydrogens is 274 g/mol. The first kappa shape index (κ1) is 15.1. The van der Waals surface area contributed by atoms with Crippen molar-refractivity contribution in [2.75, 3.05) is 24.0 Å². The second-order valence-corrected chi connectivity index (χ2v) is 7.26. The third-order valence-corrected chi connectivity index (χ3v) is 5.66. The van der Waals surface area contributed by atoms with Gasteiger partial charge in [-0.25, -0.2) is 4.98 Å². The average molecular weight is 300 g/mol. The van der Waals surface area contributed by atoms with E-state index in [0.717, 1.165) is 12.6 Å². The second kappa shape index (κ2) is 6.95. The fraction of sp³-hybridized carbons (Fsp3) is 0.786. The number of thiazole rings is 1. The Bertz CT molecular complexity index is 401. The monoisotopic (exact) mass is 299 g/mol. The van der Waals surface area contributed by atoms with Gasteiger partial charge in [-0.05, 0) is 32.4 Å². The zero-order chi connectivity index (χ0) is 13.8. The van der Waals surface area contributed by atoms with Crippen LogP contribution in [-0.2, 0) is 6.54 Å². The van der Waals surface area contributed by atoms with Crippen LogP contribution in [0, 0.1) is 6.92 Å². The number of aromatic nitrogens is 1. The van der Waals surface area contributed by atoms with Gasteiger partial charge in [0.05, 0.1) is 5.69 Å². The number of rotatable bonds is 8. The fourth-order valence-electron chi connectivity index (χ4n) is 2.10. The lowest BCUT2D eigenvalue weighted by molar-refractivity contribution is 0.670. The highest BCUT2D eigenvalue weighted by molar-refractivity contribution is 7.98. The van der Waals surface area contributed by atoms with Crippen LogP contribution in [0.1, 0.15) is 36.8 Å². The average Bonchev–Trinajstić information content (AvgIpc) is 3.16. The maximum absolute atomic E-state index is 4.76. The van der Waals surface area contributed by atoms with E-state index < -0.39 is 0 Å². The lowest BCUT2D eigenvalue weighted by atomic mass is 10.2. The Balaban J connectivity index is 1.99. The van der Waals surface area contributed by atoms with Crippen molar-refractivity contribution in [3.8, 4) is 0 Å². The van der Waals surface area contributed by atoms with Crippen molar-refractivity contribution in [1.29, 1.82) is 0 Å². The van der Waals surface area contributed by atoms with Crippen molar-refractivity contribution < 1.29 is 0 Å². The summed E-state index contributed by atoms with van der Waals surface area (Å²) in [5.74, 6) is 1.17. The zero-order valence-electron chi connectivity index (χ0n) is 12.4. The molecule has 1 aromatic heterocycles. The molecule has 0 aromatic carbocycles. The maximum atomic E-state index is 4.76. The van der Waals surface area contributed by atoms with Crippen LogP contribution >= 0.6 is 23.1 Å². The van der Waals surface area contributed by atoms with E-state index in [1.165, 1.54) is 40.7 Å². The number of aryl methyl sites for hydroxylation is 1. The third kappa shape index (κ3) is 4.10. The van der Waals surface area contributed by atoms with E-state index in [-0.39, 0.29) is 0 Å². The molecule has 1 aliphatic rings. The first-order valence-electron chi connectivity index (χ1n) is 7.07. The van der Waals surface area contributed by atoms with Crippen LogP contribution in [0.3, 0.4) is 0 Å². The summed E-state index contributed by atoms with van der Waals surface area (Å²) in [5, 5.41) is 4.75. The van der Waals surface area contributed by atoms with E-state index in [2.05, 4.69) is 37.4 Å². The third-order valence-electron chi connectivity index (χ3n) is 3.69. The minimum atomic E-state index is 0.588. The number of nitrogens with one attached hydrogen (secondary N) is 1. The Hall–Kier alpha value is -0.260. The summed E-state index contributed by atoms with van der Waals surface area (Å²) >= 11 is 3.76. The van der Waals surface area contributed by atoms with E-state index >= 15 is 0 Å². The molecule has 3 nitrogen and oxygen atoms in total. The number of nitrogens with zero attached hydrogens (tertiary/aromatic N) is 2. The number of hydrogen-bond acceptors (Lipinski definition) is 5. The lowest BCUT2D eigenvalue weighted by Crippen LogP contribution is -2.33. The van der Waals surface area contributed by atoms with Crippen LogP contribution in [-0.4, -0.2) is 36.1 Å². The maximum Gasteiger partial charge on any atom is 0.185 e. The van der Waals surface area contributed by atoms with Crippen molar-refractivity contribution in [3.05, 3.63) is 10.6 Å². The summed E-state index contributed by atoms with van der Waals surface area (Å²) in [5.41, 5.74) is 1.19. The van der Waals surface area contributed by atoms with Gasteiger partial charge < -0.3 is 10.2 Å². The molecule has 1 heterocycles. The molecule has 1 unspecified atom stereocenters. The molecule has 1 fully saturated rings. The Morgan fingerprint density at radius 1 is 1.53 bits per heavy atom. The highest BCUT2D eigenvalue weighted by Gasteiger charge is 2.22. The summed E-state index contributed by atoms with van der Waals surface area (Å²) in [6.07, 6.45) is 6.03. The standard InChI is InChI=1S/C14H25N3S2/c1-5-12(9-18-4)17(3)14-16-10(2)13(19-14)8-15-11-6-7-11/h11-12,15H,5-9H2,1-4H3. The first-order chi connectivity index (χ1) is 9.15. The van der Waals surface area contributed by atoms with Crippen molar-refractivity contribution in [2.24, 2.45) is 0 Å². The quantitative estimate of drug-likeness (QED) is 0.797. The molecule has 1 N–H and O–H groups in total. The summed E-state index contributed by atoms with van der Waals surface area (Å²) in [6.45, 7) is 5.38. The van der Waals surface area contributed by atoms with E-state index in [4.69, 9.17) is 4.98 Å². The van der Waals surface area contributed by atoms with Crippen LogP contribution in [0.4, 0.5) is 5.13 Å². The van der Waals surface area contributed by atoms with Crippen molar-refractivity contribution >= 4 is 28.2 Å². The normalized spacial score (nSPS) is 16.6. The van der Waals surface area contributed by atoms with Gasteiger partial charge in [0.1, 0.15) is 0 Å². The Morgan fingerprint density at radius 2 is 2.26 bits per heavy atom. The predicted octanol–water partition coefficient (Wildman–Crippen LogP) is 3.28. The molecule has 1 saturated carbocycles. The molecule has 2 rings (SSSR count). The van der Waals surface area contributed by atoms with E-state index in [0.29, 0.717) is 6.04 Å². The molecule has 1 atom stereocenters. The van der Waals surface area contributed by atoms with Gasteiger partial charge in [0.2, 0.25) is 0 Å². The van der Waals surface area contributed by atoms with E-state index in [9.17, 15) is 0 Å². The van der Waals surface area contributed by atoms with E-state index in [1.807, 2.05) is 23.1 Å². The van der Waals surface area contributed by atoms with E-state index in [1.54, 1.807) is 0 Å². The molecule has 0 amide bonds. The smallest absolute Gasteiger partial charge is 0.185 e. The van der Waals surface area contributed by atoms with Crippen LogP contribution < -0.4 is 10.2 Å². The van der Waals surface area contributed by atoms with Gasteiger partial charge in [-0.3, -0.25) is 0 Å². The van der Waals surface area contributed by atoms with Gasteiger partial charge >= 0.3 is 0 Å². The number of thioether (sulfide) groups is 1. The summed E-state index contributed by atoms with van der Waals surface area (Å²) in [4.78, 5) is 8.51. The summed E-state index contributed by atoms with van der Waals surface area (Å²) in [6, 6.07) is 1.35. The summed E-state index contributed by atoms with van der Waals surface area (Å²) < 4.78 is 0. The number of hydrogen-bond donors (Lipinski definition) is 1. The molecule has 108 valence electrons. The molecule has 0 saturated heterocycles. The molecule has 0 bridgehead atoms. The van der Waals surface area contributed by atoms with Crippen LogP contribution in [0.15, 0.2) is 0 Å². The minimum Gasteiger partial charge on any atom is -0.347 e. The molecule has 19 heavy (non-hydrogen) atoms. The molecule has 5 heteroatoms. The zero-order valence-corrected chi connectivity index (χ0v) is 14.0. The Labute approximate surface area is 125 Å². The van der Waals surface area contributed by atoms with Gasteiger partial charge in [-0.15, -0.1) is 11.3 Å². The molecule has 0 aliphatic heterocycles. The molecule has 1 aromatic rings. The van der Waals surface area contributed by atoms with Crippen LogP contribution in [0.2, 0.25) is 0 Å².